The second-order valence-corrected chi connectivity index (χ2v) is 7.18. The fourth-order valence-electron chi connectivity index (χ4n) is 2.11. The Morgan fingerprint density at radius 2 is 2.05 bits per heavy atom. The Bertz CT molecular complexity index is 679. The fourth-order valence-corrected chi connectivity index (χ4v) is 3.67. The van der Waals surface area contributed by atoms with E-state index in [4.69, 9.17) is 0 Å². The van der Waals surface area contributed by atoms with Crippen LogP contribution in [0.3, 0.4) is 0 Å². The molecule has 2 rings (SSSR count). The van der Waals surface area contributed by atoms with Gasteiger partial charge in [0.2, 0.25) is 0 Å². The summed E-state index contributed by atoms with van der Waals surface area (Å²) in [5, 5.41) is 7.23. The van der Waals surface area contributed by atoms with Gasteiger partial charge in [-0.2, -0.15) is 5.10 Å². The van der Waals surface area contributed by atoms with E-state index in [1.807, 2.05) is 42.9 Å². The summed E-state index contributed by atoms with van der Waals surface area (Å²) >= 11 is 0. The molecule has 0 aliphatic heterocycles. The third-order valence-corrected chi connectivity index (χ3v) is 5.15. The van der Waals surface area contributed by atoms with Crippen LogP contribution in [0.4, 0.5) is 0 Å². The van der Waals surface area contributed by atoms with Crippen LogP contribution in [0.15, 0.2) is 41.6 Å². The molecule has 2 aromatic rings. The van der Waals surface area contributed by atoms with Gasteiger partial charge in [0.05, 0.1) is 17.2 Å². The lowest BCUT2D eigenvalue weighted by Crippen LogP contribution is -2.26. The first kappa shape index (κ1) is 15.7. The smallest absolute Gasteiger partial charge is 0.179 e. The standard InChI is InChI=1S/C15H21N3O2S/c1-13-4-5-14(2)15(12-13)21(19,20)11-8-16-7-10-18-9-3-6-17-18/h3-6,9,12,16H,7-8,10-11H2,1-2H3. The molecular formula is C15H21N3O2S. The van der Waals surface area contributed by atoms with Gasteiger partial charge in [-0.1, -0.05) is 12.1 Å². The molecule has 0 amide bonds. The zero-order valence-corrected chi connectivity index (χ0v) is 13.2. The van der Waals surface area contributed by atoms with Gasteiger partial charge in [0.25, 0.3) is 0 Å². The zero-order chi connectivity index (χ0) is 15.3. The Kier molecular flexibility index (Phi) is 5.14. The summed E-state index contributed by atoms with van der Waals surface area (Å²) in [6, 6.07) is 7.39. The number of rotatable bonds is 7. The monoisotopic (exact) mass is 307 g/mol. The van der Waals surface area contributed by atoms with Crippen LogP contribution in [-0.4, -0.2) is 37.0 Å². The first-order valence-corrected chi connectivity index (χ1v) is 8.62. The maximum Gasteiger partial charge on any atom is 0.179 e. The van der Waals surface area contributed by atoms with Crippen LogP contribution in [-0.2, 0) is 16.4 Å². The first-order chi connectivity index (χ1) is 9.99. The summed E-state index contributed by atoms with van der Waals surface area (Å²) < 4.78 is 26.5. The summed E-state index contributed by atoms with van der Waals surface area (Å²) in [6.07, 6.45) is 3.61. The molecule has 0 aliphatic rings. The van der Waals surface area contributed by atoms with Crippen LogP contribution >= 0.6 is 0 Å². The summed E-state index contributed by atoms with van der Waals surface area (Å²) in [4.78, 5) is 0.441. The van der Waals surface area contributed by atoms with Crippen molar-refractivity contribution in [3.05, 3.63) is 47.8 Å². The van der Waals surface area contributed by atoms with Crippen molar-refractivity contribution < 1.29 is 8.42 Å². The lowest BCUT2D eigenvalue weighted by atomic mass is 10.2. The Morgan fingerprint density at radius 3 is 2.76 bits per heavy atom. The van der Waals surface area contributed by atoms with Crippen LogP contribution in [0.5, 0.6) is 0 Å². The first-order valence-electron chi connectivity index (χ1n) is 6.97. The Labute approximate surface area is 125 Å². The van der Waals surface area contributed by atoms with Crippen LogP contribution < -0.4 is 5.32 Å². The highest BCUT2D eigenvalue weighted by Gasteiger charge is 2.16. The van der Waals surface area contributed by atoms with E-state index in [0.717, 1.165) is 17.7 Å². The Hall–Kier alpha value is -1.66. The molecule has 1 aromatic carbocycles. The quantitative estimate of drug-likeness (QED) is 0.789. The highest BCUT2D eigenvalue weighted by atomic mass is 32.2. The topological polar surface area (TPSA) is 64.0 Å². The van der Waals surface area contributed by atoms with Gasteiger partial charge in [0.15, 0.2) is 9.84 Å². The van der Waals surface area contributed by atoms with Crippen LogP contribution in [0.1, 0.15) is 11.1 Å². The predicted octanol–water partition coefficient (Wildman–Crippen LogP) is 1.56. The van der Waals surface area contributed by atoms with E-state index in [1.54, 1.807) is 12.3 Å². The molecule has 114 valence electrons. The Balaban J connectivity index is 1.85. The number of nitrogens with one attached hydrogen (secondary N) is 1. The molecule has 0 aliphatic carbocycles. The van der Waals surface area contributed by atoms with Crippen LogP contribution in [0, 0.1) is 13.8 Å². The molecule has 21 heavy (non-hydrogen) atoms. The highest BCUT2D eigenvalue weighted by Crippen LogP contribution is 2.17. The average Bonchev–Trinajstić information content (AvgIpc) is 2.94. The van der Waals surface area contributed by atoms with E-state index in [1.165, 1.54) is 0 Å². The molecule has 0 spiro atoms. The second kappa shape index (κ2) is 6.87. The van der Waals surface area contributed by atoms with E-state index in [-0.39, 0.29) is 5.75 Å². The molecule has 1 N–H and O–H groups in total. The molecule has 0 saturated carbocycles. The summed E-state index contributed by atoms with van der Waals surface area (Å²) in [7, 11) is -3.23. The third-order valence-electron chi connectivity index (χ3n) is 3.30. The van der Waals surface area contributed by atoms with Crippen molar-refractivity contribution in [1.82, 2.24) is 15.1 Å². The summed E-state index contributed by atoms with van der Waals surface area (Å²) in [5.41, 5.74) is 1.77. The zero-order valence-electron chi connectivity index (χ0n) is 12.4. The van der Waals surface area contributed by atoms with Gasteiger partial charge in [-0.15, -0.1) is 0 Å². The van der Waals surface area contributed by atoms with Crippen molar-refractivity contribution in [2.45, 2.75) is 25.3 Å². The molecule has 5 nitrogen and oxygen atoms in total. The number of hydrogen-bond donors (Lipinski definition) is 1. The minimum absolute atomic E-state index is 0.108. The van der Waals surface area contributed by atoms with Crippen molar-refractivity contribution in [3.63, 3.8) is 0 Å². The molecule has 0 bridgehead atoms. The number of hydrogen-bond acceptors (Lipinski definition) is 4. The third kappa shape index (κ3) is 4.41. The summed E-state index contributed by atoms with van der Waals surface area (Å²) in [5.74, 6) is 0.108. The van der Waals surface area contributed by atoms with Gasteiger partial charge in [-0.05, 0) is 37.1 Å². The van der Waals surface area contributed by atoms with E-state index >= 15 is 0 Å². The Morgan fingerprint density at radius 1 is 1.24 bits per heavy atom. The predicted molar refractivity (Wildman–Crippen MR) is 83.1 cm³/mol. The molecule has 0 atom stereocenters. The molecule has 0 fully saturated rings. The normalized spacial score (nSPS) is 11.7. The minimum Gasteiger partial charge on any atom is -0.314 e. The van der Waals surface area contributed by atoms with Gasteiger partial charge in [0, 0.05) is 25.5 Å². The lowest BCUT2D eigenvalue weighted by Gasteiger charge is -2.09. The van der Waals surface area contributed by atoms with E-state index < -0.39 is 9.84 Å². The van der Waals surface area contributed by atoms with Gasteiger partial charge in [-0.25, -0.2) is 8.42 Å². The summed E-state index contributed by atoms with van der Waals surface area (Å²) in [6.45, 7) is 5.61. The van der Waals surface area contributed by atoms with E-state index in [2.05, 4.69) is 10.4 Å². The molecule has 1 heterocycles. The molecule has 0 radical (unpaired) electrons. The number of sulfone groups is 1. The van der Waals surface area contributed by atoms with Crippen LogP contribution in [0.25, 0.3) is 0 Å². The maximum atomic E-state index is 12.3. The van der Waals surface area contributed by atoms with Crippen molar-refractivity contribution in [1.29, 1.82) is 0 Å². The molecule has 6 heteroatoms. The molecule has 1 aromatic heterocycles. The maximum absolute atomic E-state index is 12.3. The van der Waals surface area contributed by atoms with Crippen molar-refractivity contribution in [2.24, 2.45) is 0 Å². The van der Waals surface area contributed by atoms with Gasteiger partial charge in [-0.3, -0.25) is 4.68 Å². The van der Waals surface area contributed by atoms with Crippen LogP contribution in [0.2, 0.25) is 0 Å². The average molecular weight is 307 g/mol. The lowest BCUT2D eigenvalue weighted by molar-refractivity contribution is 0.558. The molecule has 0 saturated heterocycles. The number of nitrogens with zero attached hydrogens (tertiary/aromatic N) is 2. The highest BCUT2D eigenvalue weighted by molar-refractivity contribution is 7.91. The second-order valence-electron chi connectivity index (χ2n) is 5.11. The van der Waals surface area contributed by atoms with Crippen molar-refractivity contribution in [2.75, 3.05) is 18.8 Å². The number of benzene rings is 1. The van der Waals surface area contributed by atoms with Crippen molar-refractivity contribution in [3.8, 4) is 0 Å². The molecule has 0 unspecified atom stereocenters. The van der Waals surface area contributed by atoms with Gasteiger partial charge >= 0.3 is 0 Å². The largest absolute Gasteiger partial charge is 0.314 e. The fraction of sp³-hybridized carbons (Fsp3) is 0.400. The SMILES string of the molecule is Cc1ccc(C)c(S(=O)(=O)CCNCCn2cccn2)c1. The number of aromatic nitrogens is 2. The minimum atomic E-state index is -3.23. The van der Waals surface area contributed by atoms with E-state index in [9.17, 15) is 8.42 Å². The van der Waals surface area contributed by atoms with Crippen molar-refractivity contribution >= 4 is 9.84 Å². The van der Waals surface area contributed by atoms with E-state index in [0.29, 0.717) is 18.0 Å². The molecular weight excluding hydrogens is 286 g/mol. The van der Waals surface area contributed by atoms with Gasteiger partial charge < -0.3 is 5.32 Å². The number of aryl methyl sites for hydroxylation is 2. The van der Waals surface area contributed by atoms with Gasteiger partial charge in [0.1, 0.15) is 0 Å².